The van der Waals surface area contributed by atoms with Gasteiger partial charge in [-0.2, -0.15) is 10.1 Å². The second-order valence-electron chi connectivity index (χ2n) is 7.14. The number of carbonyl (C=O) groups excluding carboxylic acids is 1. The van der Waals surface area contributed by atoms with Crippen molar-refractivity contribution in [3.63, 3.8) is 0 Å². The highest BCUT2D eigenvalue weighted by atomic mass is 32.1. The highest BCUT2D eigenvalue weighted by Gasteiger charge is 2.21. The number of benzene rings is 3. The third-order valence-electron chi connectivity index (χ3n) is 4.92. The summed E-state index contributed by atoms with van der Waals surface area (Å²) in [6, 6.07) is 19.0. The smallest absolute Gasteiger partial charge is 0.280 e. The van der Waals surface area contributed by atoms with Crippen LogP contribution in [0.4, 0.5) is 5.13 Å². The Morgan fingerprint density at radius 1 is 1.03 bits per heavy atom. The minimum atomic E-state index is -0.249. The zero-order valence-corrected chi connectivity index (χ0v) is 19.0. The fraction of sp³-hybridized carbons (Fsp3) is 0.0833. The molecule has 0 aliphatic carbocycles. The van der Waals surface area contributed by atoms with Crippen LogP contribution in [-0.2, 0) is 0 Å². The summed E-state index contributed by atoms with van der Waals surface area (Å²) >= 11 is 2.94. The topological polar surface area (TPSA) is 67.7 Å². The first-order chi connectivity index (χ1) is 15.6. The van der Waals surface area contributed by atoms with Gasteiger partial charge in [-0.15, -0.1) is 11.3 Å². The Balaban J connectivity index is 1.56. The Kier molecular flexibility index (Phi) is 5.38. The summed E-state index contributed by atoms with van der Waals surface area (Å²) in [7, 11) is 1.62. The molecule has 0 fully saturated rings. The molecule has 0 atom stereocenters. The van der Waals surface area contributed by atoms with Crippen LogP contribution in [0.15, 0.2) is 71.3 Å². The Labute approximate surface area is 192 Å². The molecule has 0 bridgehead atoms. The van der Waals surface area contributed by atoms with Gasteiger partial charge in [-0.1, -0.05) is 17.4 Å². The van der Waals surface area contributed by atoms with Crippen LogP contribution in [0.2, 0.25) is 0 Å². The quantitative estimate of drug-likeness (QED) is 0.243. The number of rotatable bonds is 5. The number of aryl methyl sites for hydroxylation is 1. The molecule has 0 unspecified atom stereocenters. The predicted molar refractivity (Wildman–Crippen MR) is 131 cm³/mol. The van der Waals surface area contributed by atoms with Crippen molar-refractivity contribution in [2.45, 2.75) is 6.92 Å². The lowest BCUT2D eigenvalue weighted by atomic mass is 10.2. The first-order valence-electron chi connectivity index (χ1n) is 9.84. The third kappa shape index (κ3) is 3.98. The summed E-state index contributed by atoms with van der Waals surface area (Å²) < 4.78 is 7.17. The molecule has 8 heteroatoms. The first kappa shape index (κ1) is 20.3. The van der Waals surface area contributed by atoms with Crippen molar-refractivity contribution in [3.05, 3.63) is 82.9 Å². The van der Waals surface area contributed by atoms with E-state index in [1.807, 2.05) is 55.5 Å². The number of nitrogens with zero attached hydrogens (tertiary/aromatic N) is 4. The maximum absolute atomic E-state index is 13.5. The minimum Gasteiger partial charge on any atom is -0.497 e. The molecule has 0 aliphatic heterocycles. The molecule has 5 aromatic rings. The maximum atomic E-state index is 13.5. The SMILES string of the molecule is COc1ccc(/C=N/N(C(=O)c2ccc3ncsc3c2)c2nc3ccc(C)cc3s2)cc1. The molecule has 0 saturated carbocycles. The van der Waals surface area contributed by atoms with E-state index in [-0.39, 0.29) is 5.91 Å². The van der Waals surface area contributed by atoms with E-state index in [0.29, 0.717) is 10.7 Å². The molecule has 0 spiro atoms. The molecule has 0 saturated heterocycles. The van der Waals surface area contributed by atoms with Gasteiger partial charge in [0.1, 0.15) is 5.75 Å². The number of amides is 1. The molecular formula is C24H18N4O2S2. The average molecular weight is 459 g/mol. The molecule has 2 aromatic heterocycles. The van der Waals surface area contributed by atoms with Gasteiger partial charge in [0, 0.05) is 5.56 Å². The largest absolute Gasteiger partial charge is 0.497 e. The monoisotopic (exact) mass is 458 g/mol. The van der Waals surface area contributed by atoms with Crippen LogP contribution in [0.25, 0.3) is 20.4 Å². The Morgan fingerprint density at radius 3 is 2.66 bits per heavy atom. The number of hydrazone groups is 1. The van der Waals surface area contributed by atoms with Crippen molar-refractivity contribution in [2.75, 3.05) is 12.1 Å². The van der Waals surface area contributed by atoms with Crippen LogP contribution in [0.3, 0.4) is 0 Å². The van der Waals surface area contributed by atoms with Gasteiger partial charge in [-0.05, 0) is 72.6 Å². The van der Waals surface area contributed by atoms with Crippen molar-refractivity contribution in [1.82, 2.24) is 9.97 Å². The van der Waals surface area contributed by atoms with Crippen LogP contribution >= 0.6 is 22.7 Å². The summed E-state index contributed by atoms with van der Waals surface area (Å²) in [5.41, 5.74) is 6.00. The summed E-state index contributed by atoms with van der Waals surface area (Å²) in [6.07, 6.45) is 1.65. The zero-order valence-electron chi connectivity index (χ0n) is 17.4. The van der Waals surface area contributed by atoms with Crippen molar-refractivity contribution < 1.29 is 9.53 Å². The molecule has 5 rings (SSSR count). The summed E-state index contributed by atoms with van der Waals surface area (Å²) in [5, 5.41) is 6.42. The molecule has 1 amide bonds. The van der Waals surface area contributed by atoms with Gasteiger partial charge in [0.25, 0.3) is 5.91 Å². The highest BCUT2D eigenvalue weighted by molar-refractivity contribution is 7.22. The van der Waals surface area contributed by atoms with E-state index in [1.165, 1.54) is 27.7 Å². The predicted octanol–water partition coefficient (Wildman–Crippen LogP) is 5.90. The molecule has 32 heavy (non-hydrogen) atoms. The highest BCUT2D eigenvalue weighted by Crippen LogP contribution is 2.31. The summed E-state index contributed by atoms with van der Waals surface area (Å²) in [6.45, 7) is 2.04. The van der Waals surface area contributed by atoms with E-state index in [0.717, 1.165) is 37.3 Å². The van der Waals surface area contributed by atoms with Crippen molar-refractivity contribution in [3.8, 4) is 5.75 Å². The average Bonchev–Trinajstić information content (AvgIpc) is 3.45. The Morgan fingerprint density at radius 2 is 1.84 bits per heavy atom. The van der Waals surface area contributed by atoms with Gasteiger partial charge in [-0.3, -0.25) is 4.79 Å². The number of fused-ring (bicyclic) bond motifs is 2. The van der Waals surface area contributed by atoms with Crippen molar-refractivity contribution >= 4 is 60.4 Å². The van der Waals surface area contributed by atoms with Crippen LogP contribution in [0.5, 0.6) is 5.75 Å². The number of ether oxygens (including phenoxy) is 1. The van der Waals surface area contributed by atoms with E-state index in [4.69, 9.17) is 4.74 Å². The molecule has 158 valence electrons. The standard InChI is InChI=1S/C24H18N4O2S2/c1-15-3-9-20-22(11-15)32-24(27-20)28(26-13-16-4-7-18(30-2)8-5-16)23(29)17-6-10-19-21(12-17)31-14-25-19/h3-14H,1-2H3/b26-13+. The van der Waals surface area contributed by atoms with Crippen LogP contribution in [0, 0.1) is 6.92 Å². The fourth-order valence-electron chi connectivity index (χ4n) is 3.22. The number of hydrogen-bond donors (Lipinski definition) is 0. The van der Waals surface area contributed by atoms with Crippen LogP contribution < -0.4 is 9.75 Å². The van der Waals surface area contributed by atoms with Gasteiger partial charge in [0.2, 0.25) is 5.13 Å². The Hall–Kier alpha value is -3.62. The number of hydrogen-bond acceptors (Lipinski definition) is 7. The normalized spacial score (nSPS) is 11.4. The minimum absolute atomic E-state index is 0.249. The fourth-order valence-corrected chi connectivity index (χ4v) is 4.96. The number of carbonyl (C=O) groups is 1. The van der Waals surface area contributed by atoms with Gasteiger partial charge in [0.15, 0.2) is 0 Å². The molecule has 0 radical (unpaired) electrons. The molecular weight excluding hydrogens is 440 g/mol. The van der Waals surface area contributed by atoms with E-state index in [2.05, 4.69) is 21.1 Å². The van der Waals surface area contributed by atoms with Gasteiger partial charge < -0.3 is 4.74 Å². The van der Waals surface area contributed by atoms with Crippen LogP contribution in [0.1, 0.15) is 21.5 Å². The number of anilines is 1. The molecule has 6 nitrogen and oxygen atoms in total. The van der Waals surface area contributed by atoms with Gasteiger partial charge >= 0.3 is 0 Å². The van der Waals surface area contributed by atoms with Crippen molar-refractivity contribution in [1.29, 1.82) is 0 Å². The number of thiazole rings is 2. The lowest BCUT2D eigenvalue weighted by molar-refractivity contribution is 0.0988. The van der Waals surface area contributed by atoms with E-state index in [1.54, 1.807) is 24.9 Å². The lowest BCUT2D eigenvalue weighted by Crippen LogP contribution is -2.25. The van der Waals surface area contributed by atoms with Crippen LogP contribution in [-0.4, -0.2) is 29.2 Å². The summed E-state index contributed by atoms with van der Waals surface area (Å²) in [4.78, 5) is 22.5. The maximum Gasteiger partial charge on any atom is 0.280 e. The second kappa shape index (κ2) is 8.49. The molecule has 3 aromatic carbocycles. The molecule has 2 heterocycles. The van der Waals surface area contributed by atoms with Gasteiger partial charge in [-0.25, -0.2) is 9.97 Å². The lowest BCUT2D eigenvalue weighted by Gasteiger charge is -2.14. The second-order valence-corrected chi connectivity index (χ2v) is 9.03. The van der Waals surface area contributed by atoms with Crippen molar-refractivity contribution in [2.24, 2.45) is 5.10 Å². The molecule has 0 N–H and O–H groups in total. The number of methoxy groups -OCH3 is 1. The summed E-state index contributed by atoms with van der Waals surface area (Å²) in [5.74, 6) is 0.510. The van der Waals surface area contributed by atoms with E-state index >= 15 is 0 Å². The van der Waals surface area contributed by atoms with E-state index < -0.39 is 0 Å². The third-order valence-corrected chi connectivity index (χ3v) is 6.71. The number of aromatic nitrogens is 2. The molecule has 0 aliphatic rings. The van der Waals surface area contributed by atoms with Gasteiger partial charge in [0.05, 0.1) is 39.3 Å². The zero-order chi connectivity index (χ0) is 22.1. The van der Waals surface area contributed by atoms with E-state index in [9.17, 15) is 4.79 Å². The first-order valence-corrected chi connectivity index (χ1v) is 11.5. The Bertz CT molecular complexity index is 1450.